The van der Waals surface area contributed by atoms with Crippen LogP contribution in [0.1, 0.15) is 12.5 Å². The maximum atomic E-state index is 12.6. The van der Waals surface area contributed by atoms with Gasteiger partial charge in [0.2, 0.25) is 0 Å². The Kier molecular flexibility index (Phi) is 6.05. The minimum atomic E-state index is -5.58. The Hall–Kier alpha value is -1.97. The van der Waals surface area contributed by atoms with E-state index < -0.39 is 15.5 Å². The molecule has 0 heterocycles. The van der Waals surface area contributed by atoms with E-state index in [0.717, 1.165) is 6.07 Å². The van der Waals surface area contributed by atoms with E-state index in [0.29, 0.717) is 10.7 Å². The summed E-state index contributed by atoms with van der Waals surface area (Å²) in [7, 11) is -5.58. The fraction of sp³-hybridized carbons (Fsp3) is 0.133. The van der Waals surface area contributed by atoms with Crippen LogP contribution in [-0.2, 0) is 10.0 Å². The van der Waals surface area contributed by atoms with Crippen LogP contribution in [0.4, 0.5) is 24.5 Å². The van der Waals surface area contributed by atoms with Gasteiger partial charge in [0.1, 0.15) is 0 Å². The van der Waals surface area contributed by atoms with Crippen molar-refractivity contribution >= 4 is 50.3 Å². The summed E-state index contributed by atoms with van der Waals surface area (Å²) in [5, 5.41) is 4.70. The lowest BCUT2D eigenvalue weighted by Gasteiger charge is -2.14. The summed E-state index contributed by atoms with van der Waals surface area (Å²) in [5.41, 5.74) is -2.25. The van der Waals surface area contributed by atoms with Crippen molar-refractivity contribution in [2.24, 2.45) is 5.10 Å². The average Bonchev–Trinajstić information content (AvgIpc) is 2.53. The first-order chi connectivity index (χ1) is 12.0. The van der Waals surface area contributed by atoms with Crippen molar-refractivity contribution in [2.75, 3.05) is 10.1 Å². The number of nitrogens with zero attached hydrogens (tertiary/aromatic N) is 1. The molecule has 11 heteroatoms. The number of sulfonamides is 1. The Morgan fingerprint density at radius 2 is 1.73 bits per heavy atom. The fourth-order valence-corrected chi connectivity index (χ4v) is 2.82. The van der Waals surface area contributed by atoms with Gasteiger partial charge in [-0.3, -0.25) is 10.1 Å². The number of anilines is 2. The summed E-state index contributed by atoms with van der Waals surface area (Å²) in [4.78, 5) is 0. The number of alkyl halides is 3. The summed E-state index contributed by atoms with van der Waals surface area (Å²) >= 11 is 11.7. The van der Waals surface area contributed by atoms with Gasteiger partial charge in [0, 0.05) is 15.6 Å². The van der Waals surface area contributed by atoms with Gasteiger partial charge in [-0.05, 0) is 43.3 Å². The number of nitrogens with one attached hydrogen (secondary N) is 2. The van der Waals surface area contributed by atoms with E-state index in [-0.39, 0.29) is 22.0 Å². The van der Waals surface area contributed by atoms with Gasteiger partial charge in [0.25, 0.3) is 0 Å². The molecule has 0 atom stereocenters. The van der Waals surface area contributed by atoms with Gasteiger partial charge in [-0.15, -0.1) is 0 Å². The van der Waals surface area contributed by atoms with Crippen LogP contribution in [0.5, 0.6) is 0 Å². The average molecular weight is 426 g/mol. The van der Waals surface area contributed by atoms with Gasteiger partial charge in [-0.2, -0.15) is 26.7 Å². The molecule has 0 aromatic heterocycles. The van der Waals surface area contributed by atoms with Gasteiger partial charge < -0.3 is 0 Å². The minimum Gasteiger partial charge on any atom is -0.278 e. The van der Waals surface area contributed by atoms with Gasteiger partial charge >= 0.3 is 15.5 Å². The molecule has 0 saturated heterocycles. The molecule has 2 aromatic carbocycles. The molecule has 0 aliphatic carbocycles. The van der Waals surface area contributed by atoms with E-state index in [9.17, 15) is 21.6 Å². The van der Waals surface area contributed by atoms with Crippen molar-refractivity contribution in [3.8, 4) is 0 Å². The fourth-order valence-electron chi connectivity index (χ4n) is 1.87. The van der Waals surface area contributed by atoms with Crippen LogP contribution in [0.3, 0.4) is 0 Å². The van der Waals surface area contributed by atoms with Crippen molar-refractivity contribution in [1.82, 2.24) is 0 Å². The first-order valence-electron chi connectivity index (χ1n) is 6.94. The van der Waals surface area contributed by atoms with E-state index in [2.05, 4.69) is 10.5 Å². The maximum Gasteiger partial charge on any atom is 0.516 e. The number of hydrazone groups is 1. The molecule has 0 spiro atoms. The van der Waals surface area contributed by atoms with Gasteiger partial charge in [-0.1, -0.05) is 29.3 Å². The lowest BCUT2D eigenvalue weighted by molar-refractivity contribution is -0.0429. The number of benzene rings is 2. The molecule has 0 amide bonds. The third kappa shape index (κ3) is 5.03. The van der Waals surface area contributed by atoms with Crippen LogP contribution < -0.4 is 10.1 Å². The molecular weight excluding hydrogens is 414 g/mol. The molecule has 0 bridgehead atoms. The predicted molar refractivity (Wildman–Crippen MR) is 97.3 cm³/mol. The molecule has 0 radical (unpaired) electrons. The number of halogens is 5. The van der Waals surface area contributed by atoms with Crippen LogP contribution in [0.25, 0.3) is 0 Å². The third-order valence-electron chi connectivity index (χ3n) is 3.10. The second-order valence-corrected chi connectivity index (χ2v) is 7.61. The highest BCUT2D eigenvalue weighted by Gasteiger charge is 2.46. The highest BCUT2D eigenvalue weighted by molar-refractivity contribution is 7.93. The zero-order chi connectivity index (χ0) is 19.5. The molecule has 140 valence electrons. The predicted octanol–water partition coefficient (Wildman–Crippen LogP) is 5.09. The summed E-state index contributed by atoms with van der Waals surface area (Å²) in [5.74, 6) is 0. The molecule has 0 aliphatic heterocycles. The molecule has 2 N–H and O–H groups in total. The number of hydrogen-bond acceptors (Lipinski definition) is 4. The van der Waals surface area contributed by atoms with Crippen molar-refractivity contribution in [1.29, 1.82) is 0 Å². The standard InChI is InChI=1S/C15H12Cl2F3N3O2S/c1-9(21-22-12-4-2-3-10(16)7-12)13-8-11(17)5-6-14(13)23-26(24,25)15(18,19)20/h2-8,22-23H,1H3/b21-9+. The molecule has 2 rings (SSSR count). The molecule has 26 heavy (non-hydrogen) atoms. The van der Waals surface area contributed by atoms with Crippen molar-refractivity contribution in [3.63, 3.8) is 0 Å². The monoisotopic (exact) mass is 425 g/mol. The molecular formula is C15H12Cl2F3N3O2S. The minimum absolute atomic E-state index is 0.0832. The summed E-state index contributed by atoms with van der Waals surface area (Å²) < 4.78 is 62.0. The second-order valence-electron chi connectivity index (χ2n) is 5.06. The molecule has 0 fully saturated rings. The van der Waals surface area contributed by atoms with Gasteiger partial charge in [0.15, 0.2) is 0 Å². The molecule has 0 saturated carbocycles. The SMILES string of the molecule is C/C(=N\Nc1cccc(Cl)c1)c1cc(Cl)ccc1NS(=O)(=O)C(F)(F)F. The maximum absolute atomic E-state index is 12.6. The Labute approximate surface area is 157 Å². The lowest BCUT2D eigenvalue weighted by Crippen LogP contribution is -2.30. The zero-order valence-electron chi connectivity index (χ0n) is 13.1. The quantitative estimate of drug-likeness (QED) is 0.517. The summed E-state index contributed by atoms with van der Waals surface area (Å²) in [6.45, 7) is 1.48. The highest BCUT2D eigenvalue weighted by atomic mass is 35.5. The topological polar surface area (TPSA) is 70.6 Å². The van der Waals surface area contributed by atoms with Crippen LogP contribution >= 0.6 is 23.2 Å². The normalized spacial score (nSPS) is 12.8. The Morgan fingerprint density at radius 1 is 1.08 bits per heavy atom. The van der Waals surface area contributed by atoms with Crippen LogP contribution in [0.2, 0.25) is 10.0 Å². The Bertz CT molecular complexity index is 947. The zero-order valence-corrected chi connectivity index (χ0v) is 15.4. The van der Waals surface area contributed by atoms with Crippen LogP contribution in [-0.4, -0.2) is 19.6 Å². The van der Waals surface area contributed by atoms with Crippen molar-refractivity contribution in [3.05, 3.63) is 58.1 Å². The van der Waals surface area contributed by atoms with Gasteiger partial charge in [0.05, 0.1) is 17.1 Å². The van der Waals surface area contributed by atoms with E-state index in [1.54, 1.807) is 24.3 Å². The lowest BCUT2D eigenvalue weighted by atomic mass is 10.1. The first kappa shape index (κ1) is 20.3. The smallest absolute Gasteiger partial charge is 0.278 e. The highest BCUT2D eigenvalue weighted by Crippen LogP contribution is 2.29. The second kappa shape index (κ2) is 7.73. The van der Waals surface area contributed by atoms with Gasteiger partial charge in [-0.25, -0.2) is 0 Å². The number of rotatable bonds is 5. The van der Waals surface area contributed by atoms with Crippen molar-refractivity contribution < 1.29 is 21.6 Å². The molecule has 0 aliphatic rings. The van der Waals surface area contributed by atoms with E-state index >= 15 is 0 Å². The molecule has 2 aromatic rings. The molecule has 0 unspecified atom stereocenters. The largest absolute Gasteiger partial charge is 0.516 e. The summed E-state index contributed by atoms with van der Waals surface area (Å²) in [6, 6.07) is 10.3. The van der Waals surface area contributed by atoms with E-state index in [4.69, 9.17) is 23.2 Å². The summed E-state index contributed by atoms with van der Waals surface area (Å²) in [6.07, 6.45) is 0. The number of hydrogen-bond donors (Lipinski definition) is 2. The van der Waals surface area contributed by atoms with Crippen LogP contribution in [0, 0.1) is 0 Å². The first-order valence-corrected chi connectivity index (χ1v) is 9.18. The van der Waals surface area contributed by atoms with Crippen molar-refractivity contribution in [2.45, 2.75) is 12.4 Å². The van der Waals surface area contributed by atoms with E-state index in [1.165, 1.54) is 23.8 Å². The van der Waals surface area contributed by atoms with E-state index in [1.807, 2.05) is 0 Å². The third-order valence-corrected chi connectivity index (χ3v) is 4.67. The molecule has 5 nitrogen and oxygen atoms in total. The van der Waals surface area contributed by atoms with Crippen LogP contribution in [0.15, 0.2) is 47.6 Å². The Morgan fingerprint density at radius 3 is 2.35 bits per heavy atom. The Balaban J connectivity index is 2.36.